The predicted molar refractivity (Wildman–Crippen MR) is 95.7 cm³/mol. The third-order valence-electron chi connectivity index (χ3n) is 4.07. The summed E-state index contributed by atoms with van der Waals surface area (Å²) in [7, 11) is 0. The fraction of sp³-hybridized carbons (Fsp3) is 0.529. The molecule has 2 aromatic heterocycles. The third kappa shape index (κ3) is 3.89. The van der Waals surface area contributed by atoms with Gasteiger partial charge in [-0.15, -0.1) is 0 Å². The molecule has 1 saturated heterocycles. The molecule has 0 spiro atoms. The fourth-order valence-electron chi connectivity index (χ4n) is 2.86. The van der Waals surface area contributed by atoms with E-state index >= 15 is 0 Å². The number of aromatic nitrogens is 2. The molecule has 1 N–H and O–H groups in total. The smallest absolute Gasteiger partial charge is 0.407 e. The summed E-state index contributed by atoms with van der Waals surface area (Å²) < 4.78 is 5.30. The number of hydrogen-bond acceptors (Lipinski definition) is 6. The quantitative estimate of drug-likeness (QED) is 0.888. The van der Waals surface area contributed by atoms with E-state index in [1.54, 1.807) is 17.2 Å². The normalized spacial score (nSPS) is 20.7. The second-order valence-electron chi connectivity index (χ2n) is 7.13. The van der Waals surface area contributed by atoms with Gasteiger partial charge < -0.3 is 15.0 Å². The Labute approximate surface area is 150 Å². The van der Waals surface area contributed by atoms with Gasteiger partial charge in [-0.3, -0.25) is 4.79 Å². The van der Waals surface area contributed by atoms with Gasteiger partial charge in [-0.25, -0.2) is 14.8 Å². The van der Waals surface area contributed by atoms with E-state index in [4.69, 9.17) is 4.74 Å². The van der Waals surface area contributed by atoms with Crippen LogP contribution in [0.1, 0.15) is 43.9 Å². The van der Waals surface area contributed by atoms with Gasteiger partial charge in [0, 0.05) is 18.8 Å². The molecule has 1 aliphatic rings. The summed E-state index contributed by atoms with van der Waals surface area (Å²) >= 11 is 1.29. The summed E-state index contributed by atoms with van der Waals surface area (Å²) in [5.74, 6) is -0.121. The van der Waals surface area contributed by atoms with Gasteiger partial charge in [-0.05, 0) is 46.2 Å². The Morgan fingerprint density at radius 3 is 2.84 bits per heavy atom. The zero-order valence-corrected chi connectivity index (χ0v) is 15.6. The first-order valence-electron chi connectivity index (χ1n) is 8.26. The molecule has 0 unspecified atom stereocenters. The van der Waals surface area contributed by atoms with E-state index in [9.17, 15) is 9.59 Å². The molecule has 7 nitrogen and oxygen atoms in total. The van der Waals surface area contributed by atoms with Crippen molar-refractivity contribution in [3.63, 3.8) is 0 Å². The van der Waals surface area contributed by atoms with Crippen LogP contribution in [-0.2, 0) is 4.74 Å². The van der Waals surface area contributed by atoms with Crippen LogP contribution in [0.4, 0.5) is 4.79 Å². The SMILES string of the molecule is C[C@H]1[C@@H](NC(=O)OC(C)(C)C)CCN1C(=O)c1nc2cccnc2s1. The minimum Gasteiger partial charge on any atom is -0.444 e. The molecule has 1 aliphatic heterocycles. The van der Waals surface area contributed by atoms with Gasteiger partial charge in [0.2, 0.25) is 0 Å². The standard InChI is InChI=1S/C17H22N4O3S/c1-10-11(20-16(23)24-17(2,3)4)7-9-21(10)15(22)14-19-12-6-5-8-18-13(12)25-14/h5-6,8,10-11H,7,9H2,1-4H3,(H,20,23)/t10-,11-/m0/s1. The molecule has 25 heavy (non-hydrogen) atoms. The number of carbonyl (C=O) groups excluding carboxylic acids is 2. The minimum atomic E-state index is -0.546. The van der Waals surface area contributed by atoms with Crippen LogP contribution in [0.25, 0.3) is 10.3 Å². The second kappa shape index (κ2) is 6.59. The van der Waals surface area contributed by atoms with E-state index < -0.39 is 11.7 Å². The lowest BCUT2D eigenvalue weighted by Gasteiger charge is -2.26. The molecule has 2 atom stereocenters. The van der Waals surface area contributed by atoms with E-state index in [-0.39, 0.29) is 18.0 Å². The molecule has 2 amide bonds. The van der Waals surface area contributed by atoms with Gasteiger partial charge in [-0.1, -0.05) is 11.3 Å². The summed E-state index contributed by atoms with van der Waals surface area (Å²) in [6.45, 7) is 7.97. The van der Waals surface area contributed by atoms with Gasteiger partial charge in [0.05, 0.1) is 6.04 Å². The van der Waals surface area contributed by atoms with E-state index in [2.05, 4.69) is 15.3 Å². The topological polar surface area (TPSA) is 84.4 Å². The molecule has 0 saturated carbocycles. The van der Waals surface area contributed by atoms with E-state index in [0.29, 0.717) is 18.0 Å². The molecular weight excluding hydrogens is 340 g/mol. The molecular formula is C17H22N4O3S. The Bertz CT molecular complexity index is 766. The van der Waals surface area contributed by atoms with E-state index in [1.807, 2.05) is 33.8 Å². The number of nitrogens with zero attached hydrogens (tertiary/aromatic N) is 3. The highest BCUT2D eigenvalue weighted by atomic mass is 32.1. The Kier molecular flexibility index (Phi) is 4.64. The summed E-state index contributed by atoms with van der Waals surface area (Å²) in [6.07, 6.45) is 1.92. The number of hydrogen-bond donors (Lipinski definition) is 1. The van der Waals surface area contributed by atoms with Crippen LogP contribution in [0.15, 0.2) is 18.3 Å². The first-order valence-corrected chi connectivity index (χ1v) is 9.08. The van der Waals surface area contributed by atoms with Crippen LogP contribution in [0.5, 0.6) is 0 Å². The number of amides is 2. The Hall–Kier alpha value is -2.22. The van der Waals surface area contributed by atoms with Gasteiger partial charge in [0.1, 0.15) is 15.9 Å². The highest BCUT2D eigenvalue weighted by Crippen LogP contribution is 2.25. The molecule has 2 aromatic rings. The average Bonchev–Trinajstić information content (AvgIpc) is 3.09. The van der Waals surface area contributed by atoms with Gasteiger partial charge in [-0.2, -0.15) is 0 Å². The Morgan fingerprint density at radius 2 is 2.16 bits per heavy atom. The lowest BCUT2D eigenvalue weighted by atomic mass is 10.1. The number of nitrogens with one attached hydrogen (secondary N) is 1. The number of carbonyl (C=O) groups is 2. The number of ether oxygens (including phenoxy) is 1. The Morgan fingerprint density at radius 1 is 1.40 bits per heavy atom. The zero-order valence-electron chi connectivity index (χ0n) is 14.8. The van der Waals surface area contributed by atoms with Gasteiger partial charge in [0.15, 0.2) is 5.01 Å². The lowest BCUT2D eigenvalue weighted by Crippen LogP contribution is -2.46. The minimum absolute atomic E-state index is 0.121. The van der Waals surface area contributed by atoms with Gasteiger partial charge >= 0.3 is 6.09 Å². The highest BCUT2D eigenvalue weighted by molar-refractivity contribution is 7.19. The number of alkyl carbamates (subject to hydrolysis) is 1. The largest absolute Gasteiger partial charge is 0.444 e. The first kappa shape index (κ1) is 17.6. The summed E-state index contributed by atoms with van der Waals surface area (Å²) in [4.78, 5) is 35.9. The van der Waals surface area contributed by atoms with Crippen LogP contribution in [0, 0.1) is 0 Å². The summed E-state index contributed by atoms with van der Waals surface area (Å²) in [5, 5.41) is 3.29. The van der Waals surface area contributed by atoms with Crippen LogP contribution in [0.2, 0.25) is 0 Å². The van der Waals surface area contributed by atoms with E-state index in [1.165, 1.54) is 11.3 Å². The van der Waals surface area contributed by atoms with Crippen molar-refractivity contribution in [1.82, 2.24) is 20.2 Å². The molecule has 8 heteroatoms. The van der Waals surface area contributed by atoms with Crippen LogP contribution >= 0.6 is 11.3 Å². The maximum absolute atomic E-state index is 12.8. The number of rotatable bonds is 2. The Balaban J connectivity index is 1.67. The van der Waals surface area contributed by atoms with Crippen molar-refractivity contribution in [3.8, 4) is 0 Å². The fourth-order valence-corrected chi connectivity index (χ4v) is 3.73. The van der Waals surface area contributed by atoms with Crippen LogP contribution in [-0.4, -0.2) is 51.1 Å². The second-order valence-corrected chi connectivity index (χ2v) is 8.10. The monoisotopic (exact) mass is 362 g/mol. The molecule has 1 fully saturated rings. The van der Waals surface area contributed by atoms with Crippen LogP contribution in [0.3, 0.4) is 0 Å². The van der Waals surface area contributed by atoms with Crippen molar-refractivity contribution >= 4 is 33.7 Å². The summed E-state index contributed by atoms with van der Waals surface area (Å²) in [5.41, 5.74) is 0.182. The molecule has 0 aliphatic carbocycles. The number of thiazole rings is 1. The predicted octanol–water partition coefficient (Wildman–Crippen LogP) is 2.82. The van der Waals surface area contributed by atoms with Crippen molar-refractivity contribution in [2.75, 3.05) is 6.54 Å². The van der Waals surface area contributed by atoms with Crippen molar-refractivity contribution < 1.29 is 14.3 Å². The molecule has 134 valence electrons. The van der Waals surface area contributed by atoms with Crippen molar-refractivity contribution in [1.29, 1.82) is 0 Å². The maximum atomic E-state index is 12.8. The number of pyridine rings is 1. The maximum Gasteiger partial charge on any atom is 0.407 e. The van der Waals surface area contributed by atoms with Gasteiger partial charge in [0.25, 0.3) is 5.91 Å². The molecule has 3 heterocycles. The molecule has 0 bridgehead atoms. The first-order chi connectivity index (χ1) is 11.7. The summed E-state index contributed by atoms with van der Waals surface area (Å²) in [6, 6.07) is 3.39. The highest BCUT2D eigenvalue weighted by Gasteiger charge is 2.37. The van der Waals surface area contributed by atoms with Crippen molar-refractivity contribution in [3.05, 3.63) is 23.3 Å². The van der Waals surface area contributed by atoms with Crippen molar-refractivity contribution in [2.45, 2.75) is 51.8 Å². The third-order valence-corrected chi connectivity index (χ3v) is 5.03. The van der Waals surface area contributed by atoms with E-state index in [0.717, 1.165) is 10.3 Å². The number of fused-ring (bicyclic) bond motifs is 1. The molecule has 0 radical (unpaired) electrons. The van der Waals surface area contributed by atoms with Crippen molar-refractivity contribution in [2.24, 2.45) is 0 Å². The lowest BCUT2D eigenvalue weighted by molar-refractivity contribution is 0.0485. The number of likely N-dealkylation sites (tertiary alicyclic amines) is 1. The zero-order chi connectivity index (χ0) is 18.2. The average molecular weight is 362 g/mol. The molecule has 3 rings (SSSR count). The van der Waals surface area contributed by atoms with Crippen LogP contribution < -0.4 is 5.32 Å². The molecule has 0 aromatic carbocycles.